The molecule has 0 aliphatic carbocycles. The number of aryl methyl sites for hydroxylation is 1. The number of unbranched alkanes of at least 4 members (excludes halogenated alkanes) is 13. The fourth-order valence-electron chi connectivity index (χ4n) is 5.84. The molecule has 48 heavy (non-hydrogen) atoms. The first-order chi connectivity index (χ1) is 22.6. The van der Waals surface area contributed by atoms with Crippen LogP contribution in [0.4, 0.5) is 0 Å². The van der Waals surface area contributed by atoms with Crippen molar-refractivity contribution in [3.8, 4) is 5.75 Å². The predicted molar refractivity (Wildman–Crippen MR) is 201 cm³/mol. The first-order valence-corrected chi connectivity index (χ1v) is 19.5. The van der Waals surface area contributed by atoms with Crippen LogP contribution in [0.5, 0.6) is 5.75 Å². The van der Waals surface area contributed by atoms with E-state index in [9.17, 15) is 9.90 Å². The summed E-state index contributed by atoms with van der Waals surface area (Å²) in [6.45, 7) is 22.8. The molecule has 0 heterocycles. The summed E-state index contributed by atoms with van der Waals surface area (Å²) in [5, 5.41) is 11.0. The van der Waals surface area contributed by atoms with Gasteiger partial charge < -0.3 is 24.1 Å². The maximum Gasteiger partial charge on any atom is 0.306 e. The molecule has 1 N–H and O–H groups in total. The van der Waals surface area contributed by atoms with Gasteiger partial charge in [-0.2, -0.15) is 0 Å². The second-order valence-electron chi connectivity index (χ2n) is 16.3. The van der Waals surface area contributed by atoms with Crippen molar-refractivity contribution in [3.05, 3.63) is 28.8 Å². The SMILES string of the molecule is CCCCCCCCCCCCCCCCOC(C)COC(C)COC(C)COC(=O)CCc1cc(C(C)(C)C)c(O)c(C(C)(C)C)c1. The van der Waals surface area contributed by atoms with Crippen LogP contribution in [0.15, 0.2) is 12.1 Å². The normalized spacial score (nSPS) is 14.2. The third kappa shape index (κ3) is 20.8. The summed E-state index contributed by atoms with van der Waals surface area (Å²) in [4.78, 5) is 12.6. The highest BCUT2D eigenvalue weighted by Gasteiger charge is 2.26. The Kier molecular flexibility index (Phi) is 22.7. The second kappa shape index (κ2) is 24.5. The Hall–Kier alpha value is -1.63. The van der Waals surface area contributed by atoms with E-state index in [4.69, 9.17) is 18.9 Å². The van der Waals surface area contributed by atoms with Crippen molar-refractivity contribution in [2.75, 3.05) is 26.4 Å². The molecule has 3 unspecified atom stereocenters. The largest absolute Gasteiger partial charge is 0.507 e. The van der Waals surface area contributed by atoms with Gasteiger partial charge in [-0.15, -0.1) is 0 Å². The zero-order valence-electron chi connectivity index (χ0n) is 33.0. The lowest BCUT2D eigenvalue weighted by molar-refractivity contribution is -0.148. The zero-order valence-corrected chi connectivity index (χ0v) is 33.0. The molecule has 1 aromatic rings. The number of rotatable bonds is 27. The Bertz CT molecular complexity index is 940. The van der Waals surface area contributed by atoms with Gasteiger partial charge in [0.05, 0.1) is 31.5 Å². The lowest BCUT2D eigenvalue weighted by atomic mass is 9.78. The van der Waals surface area contributed by atoms with Crippen LogP contribution in [0, 0.1) is 0 Å². The summed E-state index contributed by atoms with van der Waals surface area (Å²) < 4.78 is 23.3. The van der Waals surface area contributed by atoms with E-state index in [0.717, 1.165) is 29.7 Å². The molecule has 0 spiro atoms. The van der Waals surface area contributed by atoms with E-state index in [1.807, 2.05) is 26.0 Å². The van der Waals surface area contributed by atoms with E-state index in [2.05, 4.69) is 55.4 Å². The highest BCUT2D eigenvalue weighted by atomic mass is 16.6. The smallest absolute Gasteiger partial charge is 0.306 e. The van der Waals surface area contributed by atoms with Crippen LogP contribution >= 0.6 is 0 Å². The summed E-state index contributed by atoms with van der Waals surface area (Å²) >= 11 is 0. The van der Waals surface area contributed by atoms with Gasteiger partial charge in [0.15, 0.2) is 0 Å². The van der Waals surface area contributed by atoms with Gasteiger partial charge in [-0.3, -0.25) is 4.79 Å². The van der Waals surface area contributed by atoms with E-state index in [-0.39, 0.29) is 48.1 Å². The Morgan fingerprint density at radius 3 is 1.46 bits per heavy atom. The monoisotopic (exact) mass is 677 g/mol. The van der Waals surface area contributed by atoms with E-state index < -0.39 is 0 Å². The number of benzene rings is 1. The van der Waals surface area contributed by atoms with Gasteiger partial charge in [0.25, 0.3) is 0 Å². The van der Waals surface area contributed by atoms with E-state index >= 15 is 0 Å². The van der Waals surface area contributed by atoms with Crippen molar-refractivity contribution < 1.29 is 28.8 Å². The van der Waals surface area contributed by atoms with Gasteiger partial charge in [0.2, 0.25) is 0 Å². The molecule has 0 amide bonds. The number of aromatic hydroxyl groups is 1. The lowest BCUT2D eigenvalue weighted by Gasteiger charge is -2.28. The maximum absolute atomic E-state index is 12.6. The van der Waals surface area contributed by atoms with E-state index in [0.29, 0.717) is 25.4 Å². The number of ether oxygens (including phenoxy) is 4. The summed E-state index contributed by atoms with van der Waals surface area (Å²) in [7, 11) is 0. The number of esters is 1. The molecule has 0 aromatic heterocycles. The zero-order chi connectivity index (χ0) is 36.0. The van der Waals surface area contributed by atoms with Gasteiger partial charge in [-0.05, 0) is 61.1 Å². The minimum atomic E-state index is -0.248. The van der Waals surface area contributed by atoms with Crippen LogP contribution in [0.25, 0.3) is 0 Å². The predicted octanol–water partition coefficient (Wildman–Crippen LogP) is 11.2. The van der Waals surface area contributed by atoms with Crippen LogP contribution in [0.1, 0.15) is 182 Å². The number of phenolic OH excluding ortho intramolecular Hbond substituents is 1. The van der Waals surface area contributed by atoms with Crippen molar-refractivity contribution in [2.45, 2.75) is 201 Å². The first kappa shape index (κ1) is 44.4. The standard InChI is InChI=1S/C42H76O6/c1-11-12-13-14-15-16-17-18-19-20-21-22-23-24-27-45-33(2)30-46-34(3)31-47-35(4)32-48-39(43)26-25-36-28-37(41(5,6)7)40(44)38(29-36)42(8,9)10/h28-29,33-35,44H,11-27,30-32H2,1-10H3. The molecule has 6 nitrogen and oxygen atoms in total. The molecule has 0 radical (unpaired) electrons. The molecule has 1 rings (SSSR count). The molecule has 0 saturated carbocycles. The maximum atomic E-state index is 12.6. The quantitative estimate of drug-likeness (QED) is 0.0738. The van der Waals surface area contributed by atoms with Gasteiger partial charge in [-0.25, -0.2) is 0 Å². The molecule has 3 atom stereocenters. The van der Waals surface area contributed by atoms with E-state index in [1.54, 1.807) is 0 Å². The van der Waals surface area contributed by atoms with Gasteiger partial charge >= 0.3 is 5.97 Å². The molecular formula is C42H76O6. The number of phenols is 1. The summed E-state index contributed by atoms with van der Waals surface area (Å²) in [5.74, 6) is 0.106. The summed E-state index contributed by atoms with van der Waals surface area (Å²) in [6, 6.07) is 4.05. The average molecular weight is 677 g/mol. The third-order valence-corrected chi connectivity index (χ3v) is 9.01. The Labute approximate surface area is 296 Å². The molecule has 0 fully saturated rings. The molecule has 0 aliphatic rings. The Morgan fingerprint density at radius 2 is 1.02 bits per heavy atom. The summed E-state index contributed by atoms with van der Waals surface area (Å²) in [5.41, 5.74) is 2.44. The minimum Gasteiger partial charge on any atom is -0.507 e. The number of carbonyl (C=O) groups is 1. The van der Waals surface area contributed by atoms with Crippen molar-refractivity contribution in [2.24, 2.45) is 0 Å². The third-order valence-electron chi connectivity index (χ3n) is 9.01. The van der Waals surface area contributed by atoms with Crippen molar-refractivity contribution in [1.29, 1.82) is 0 Å². The highest BCUT2D eigenvalue weighted by molar-refractivity contribution is 5.69. The topological polar surface area (TPSA) is 74.2 Å². The fourth-order valence-corrected chi connectivity index (χ4v) is 5.84. The fraction of sp³-hybridized carbons (Fsp3) is 0.833. The van der Waals surface area contributed by atoms with Crippen LogP contribution in [0.3, 0.4) is 0 Å². The van der Waals surface area contributed by atoms with Crippen LogP contribution in [-0.2, 0) is 41.0 Å². The van der Waals surface area contributed by atoms with Crippen molar-refractivity contribution >= 4 is 5.97 Å². The molecule has 0 aliphatic heterocycles. The molecular weight excluding hydrogens is 600 g/mol. The number of hydrogen-bond donors (Lipinski definition) is 1. The van der Waals surface area contributed by atoms with E-state index in [1.165, 1.54) is 83.5 Å². The average Bonchev–Trinajstić information content (AvgIpc) is 3.01. The highest BCUT2D eigenvalue weighted by Crippen LogP contribution is 2.40. The van der Waals surface area contributed by atoms with Crippen LogP contribution < -0.4 is 0 Å². The molecule has 0 saturated heterocycles. The van der Waals surface area contributed by atoms with Crippen molar-refractivity contribution in [3.63, 3.8) is 0 Å². The second-order valence-corrected chi connectivity index (χ2v) is 16.3. The Morgan fingerprint density at radius 1 is 0.625 bits per heavy atom. The number of hydrogen-bond acceptors (Lipinski definition) is 6. The first-order valence-electron chi connectivity index (χ1n) is 19.5. The lowest BCUT2D eigenvalue weighted by Crippen LogP contribution is -2.27. The van der Waals surface area contributed by atoms with Crippen LogP contribution in [0.2, 0.25) is 0 Å². The molecule has 0 bridgehead atoms. The number of carbonyl (C=O) groups excluding carboxylic acids is 1. The van der Waals surface area contributed by atoms with Gasteiger partial charge in [0.1, 0.15) is 12.4 Å². The minimum absolute atomic E-state index is 0.0559. The van der Waals surface area contributed by atoms with Crippen molar-refractivity contribution in [1.82, 2.24) is 0 Å². The Balaban J connectivity index is 2.14. The summed E-state index contributed by atoms with van der Waals surface area (Å²) in [6.07, 6.45) is 19.6. The molecule has 1 aromatic carbocycles. The van der Waals surface area contributed by atoms with Gasteiger partial charge in [-0.1, -0.05) is 144 Å². The van der Waals surface area contributed by atoms with Crippen LogP contribution in [-0.4, -0.2) is 55.8 Å². The molecule has 280 valence electrons. The van der Waals surface area contributed by atoms with Gasteiger partial charge in [0, 0.05) is 13.0 Å². The molecule has 6 heteroatoms.